The Bertz CT molecular complexity index is 119. The highest BCUT2D eigenvalue weighted by molar-refractivity contribution is 4.96. The largest absolute Gasteiger partial charge is 0.372 e. The van der Waals surface area contributed by atoms with Gasteiger partial charge in [-0.25, -0.2) is 0 Å². The van der Waals surface area contributed by atoms with Crippen molar-refractivity contribution in [1.29, 1.82) is 0 Å². The molecule has 0 aromatic carbocycles. The molecule has 2 rings (SSSR count). The van der Waals surface area contributed by atoms with Crippen LogP contribution in [0, 0.1) is 0 Å². The molecule has 2 atom stereocenters. The van der Waals surface area contributed by atoms with E-state index < -0.39 is 0 Å². The molecule has 2 aliphatic heterocycles. The molecule has 9 heavy (non-hydrogen) atoms. The summed E-state index contributed by atoms with van der Waals surface area (Å²) in [6.07, 6.45) is 4.52. The molecule has 0 amide bonds. The Kier molecular flexibility index (Phi) is 1.07. The van der Waals surface area contributed by atoms with Crippen LogP contribution in [0.5, 0.6) is 0 Å². The van der Waals surface area contributed by atoms with E-state index in [0.29, 0.717) is 12.3 Å². The lowest BCUT2D eigenvalue weighted by molar-refractivity contribution is 0.417. The molecule has 0 aromatic rings. The molecule has 2 aliphatic rings. The lowest BCUT2D eigenvalue weighted by Gasteiger charge is -2.23. The van der Waals surface area contributed by atoms with Crippen molar-refractivity contribution in [2.24, 2.45) is 0 Å². The van der Waals surface area contributed by atoms with Gasteiger partial charge in [0.25, 0.3) is 0 Å². The summed E-state index contributed by atoms with van der Waals surface area (Å²) in [6, 6.07) is 0. The lowest BCUT2D eigenvalue weighted by Crippen LogP contribution is -2.52. The molecular formula is C5H10N4. The smallest absolute Gasteiger partial charge is 0.112 e. The van der Waals surface area contributed by atoms with E-state index >= 15 is 0 Å². The van der Waals surface area contributed by atoms with Gasteiger partial charge >= 0.3 is 0 Å². The minimum absolute atomic E-state index is 0.356. The van der Waals surface area contributed by atoms with Crippen LogP contribution in [-0.4, -0.2) is 19.0 Å². The molecule has 2 heterocycles. The molecule has 1 fully saturated rings. The van der Waals surface area contributed by atoms with Gasteiger partial charge in [-0.15, -0.1) is 0 Å². The first-order valence-electron chi connectivity index (χ1n) is 3.11. The van der Waals surface area contributed by atoms with Gasteiger partial charge in [0.05, 0.1) is 0 Å². The van der Waals surface area contributed by atoms with Gasteiger partial charge in [0.1, 0.15) is 12.3 Å². The highest BCUT2D eigenvalue weighted by atomic mass is 15.4. The first-order chi connectivity index (χ1) is 4.47. The summed E-state index contributed by atoms with van der Waals surface area (Å²) in [6.45, 7) is 0.872. The van der Waals surface area contributed by atoms with E-state index in [1.165, 1.54) is 0 Å². The van der Waals surface area contributed by atoms with Crippen molar-refractivity contribution in [3.8, 4) is 0 Å². The van der Waals surface area contributed by atoms with Crippen LogP contribution in [0.3, 0.4) is 0 Å². The predicted octanol–water partition coefficient (Wildman–Crippen LogP) is -1.55. The second kappa shape index (κ2) is 1.89. The Morgan fingerprint density at radius 3 is 2.11 bits per heavy atom. The predicted molar refractivity (Wildman–Crippen MR) is 34.1 cm³/mol. The zero-order valence-corrected chi connectivity index (χ0v) is 5.02. The van der Waals surface area contributed by atoms with Gasteiger partial charge in [0, 0.05) is 19.1 Å². The topological polar surface area (TPSA) is 48.1 Å². The molecule has 4 N–H and O–H groups in total. The third-order valence-corrected chi connectivity index (χ3v) is 1.61. The number of hydrogen-bond acceptors (Lipinski definition) is 4. The maximum absolute atomic E-state index is 3.22. The first kappa shape index (κ1) is 5.08. The fraction of sp³-hybridized carbons (Fsp3) is 0.600. The molecule has 0 bridgehead atoms. The summed E-state index contributed by atoms with van der Waals surface area (Å²) in [5.74, 6) is 0. The van der Waals surface area contributed by atoms with Crippen LogP contribution in [0.25, 0.3) is 0 Å². The van der Waals surface area contributed by atoms with Gasteiger partial charge in [0.15, 0.2) is 0 Å². The first-order valence-corrected chi connectivity index (χ1v) is 3.11. The van der Waals surface area contributed by atoms with Crippen LogP contribution in [0.15, 0.2) is 12.4 Å². The van der Waals surface area contributed by atoms with Gasteiger partial charge in [-0.3, -0.25) is 10.6 Å². The third-order valence-electron chi connectivity index (χ3n) is 1.61. The molecule has 0 radical (unpaired) electrons. The molecule has 1 saturated heterocycles. The van der Waals surface area contributed by atoms with E-state index in [1.54, 1.807) is 0 Å². The van der Waals surface area contributed by atoms with Gasteiger partial charge < -0.3 is 10.6 Å². The minimum Gasteiger partial charge on any atom is -0.372 e. The normalized spacial score (nSPS) is 39.1. The van der Waals surface area contributed by atoms with Crippen molar-refractivity contribution in [1.82, 2.24) is 21.3 Å². The number of rotatable bonds is 0. The molecule has 4 nitrogen and oxygen atoms in total. The zero-order chi connectivity index (χ0) is 6.10. The fourth-order valence-electron chi connectivity index (χ4n) is 1.13. The van der Waals surface area contributed by atoms with Crippen molar-refractivity contribution in [3.05, 3.63) is 12.4 Å². The number of fused-ring (bicyclic) bond motifs is 1. The second-order valence-electron chi connectivity index (χ2n) is 2.21. The summed E-state index contributed by atoms with van der Waals surface area (Å²) < 4.78 is 0. The van der Waals surface area contributed by atoms with E-state index in [-0.39, 0.29) is 0 Å². The monoisotopic (exact) mass is 126 g/mol. The van der Waals surface area contributed by atoms with Crippen LogP contribution < -0.4 is 21.3 Å². The summed E-state index contributed by atoms with van der Waals surface area (Å²) in [5, 5.41) is 12.8. The van der Waals surface area contributed by atoms with Gasteiger partial charge in [0.2, 0.25) is 0 Å². The Balaban J connectivity index is 2.07. The van der Waals surface area contributed by atoms with E-state index in [1.807, 2.05) is 12.4 Å². The highest BCUT2D eigenvalue weighted by Gasteiger charge is 2.25. The summed E-state index contributed by atoms with van der Waals surface area (Å²) in [4.78, 5) is 0. The van der Waals surface area contributed by atoms with Crippen LogP contribution in [0.4, 0.5) is 0 Å². The number of hydrogen-bond donors (Lipinski definition) is 4. The highest BCUT2D eigenvalue weighted by Crippen LogP contribution is 1.95. The van der Waals surface area contributed by atoms with E-state index in [2.05, 4.69) is 21.3 Å². The minimum atomic E-state index is 0.356. The summed E-state index contributed by atoms with van der Waals surface area (Å²) in [7, 11) is 0. The van der Waals surface area contributed by atoms with Crippen LogP contribution >= 0.6 is 0 Å². The van der Waals surface area contributed by atoms with Gasteiger partial charge in [-0.2, -0.15) is 0 Å². The van der Waals surface area contributed by atoms with E-state index in [0.717, 1.165) is 6.67 Å². The maximum Gasteiger partial charge on any atom is 0.112 e. The fourth-order valence-corrected chi connectivity index (χ4v) is 1.13. The van der Waals surface area contributed by atoms with Crippen LogP contribution in [0.1, 0.15) is 0 Å². The number of nitrogens with one attached hydrogen (secondary N) is 4. The van der Waals surface area contributed by atoms with Crippen molar-refractivity contribution in [3.63, 3.8) is 0 Å². The van der Waals surface area contributed by atoms with E-state index in [4.69, 9.17) is 0 Å². The van der Waals surface area contributed by atoms with Crippen molar-refractivity contribution in [2.45, 2.75) is 12.3 Å². The molecule has 0 spiro atoms. The average Bonchev–Trinajstić information content (AvgIpc) is 2.33. The molecule has 2 unspecified atom stereocenters. The molecule has 0 saturated carbocycles. The Labute approximate surface area is 53.7 Å². The second-order valence-corrected chi connectivity index (χ2v) is 2.21. The quantitative estimate of drug-likeness (QED) is 0.317. The van der Waals surface area contributed by atoms with Crippen molar-refractivity contribution in [2.75, 3.05) is 6.67 Å². The molecule has 50 valence electrons. The Hall–Kier alpha value is -0.740. The van der Waals surface area contributed by atoms with Gasteiger partial charge in [-0.05, 0) is 0 Å². The average molecular weight is 126 g/mol. The molecule has 4 heteroatoms. The Morgan fingerprint density at radius 1 is 1.00 bits per heavy atom. The lowest BCUT2D eigenvalue weighted by atomic mass is 10.4. The maximum atomic E-state index is 3.22. The summed E-state index contributed by atoms with van der Waals surface area (Å²) in [5.41, 5.74) is 0. The van der Waals surface area contributed by atoms with Crippen molar-refractivity contribution < 1.29 is 0 Å². The SMILES string of the molecule is C1=CNC2NCNC2N1. The zero-order valence-electron chi connectivity index (χ0n) is 5.02. The molecule has 0 aromatic heterocycles. The van der Waals surface area contributed by atoms with E-state index in [9.17, 15) is 0 Å². The van der Waals surface area contributed by atoms with Crippen molar-refractivity contribution >= 4 is 0 Å². The summed E-state index contributed by atoms with van der Waals surface area (Å²) >= 11 is 0. The van der Waals surface area contributed by atoms with Crippen LogP contribution in [-0.2, 0) is 0 Å². The standard InChI is InChI=1S/C5H10N4/c1-2-7-5-4(6-1)8-3-9-5/h1-2,4-9H,3H2. The molecular weight excluding hydrogens is 116 g/mol. The van der Waals surface area contributed by atoms with Crippen LogP contribution in [0.2, 0.25) is 0 Å². The Morgan fingerprint density at radius 2 is 1.56 bits per heavy atom. The molecule has 0 aliphatic carbocycles. The third kappa shape index (κ3) is 0.760. The van der Waals surface area contributed by atoms with Gasteiger partial charge in [-0.1, -0.05) is 0 Å².